The third-order valence-electron chi connectivity index (χ3n) is 4.29. The summed E-state index contributed by atoms with van der Waals surface area (Å²) in [5, 5.41) is 2.78. The van der Waals surface area contributed by atoms with Crippen LogP contribution in [0.1, 0.15) is 24.1 Å². The highest BCUT2D eigenvalue weighted by molar-refractivity contribution is 5.85. The number of aromatic nitrogens is 1. The van der Waals surface area contributed by atoms with Gasteiger partial charge in [-0.1, -0.05) is 0 Å². The standard InChI is InChI=1S/C17H23F3N4O2/c1-24-7-4-13(5-8-24)16(25)23-11-15(26-2)22-10-12-3-6-21-14(9-12)17(18,19)20/h3,6,9,13H,4-5,7-8,10-11H2,1-2H3,(H,23,25). The molecule has 0 unspecified atom stereocenters. The summed E-state index contributed by atoms with van der Waals surface area (Å²) in [4.78, 5) is 21.8. The molecule has 9 heteroatoms. The first-order valence-corrected chi connectivity index (χ1v) is 8.35. The van der Waals surface area contributed by atoms with Crippen LogP contribution in [0.25, 0.3) is 0 Å². The lowest BCUT2D eigenvalue weighted by molar-refractivity contribution is -0.141. The van der Waals surface area contributed by atoms with Gasteiger partial charge in [-0.2, -0.15) is 13.2 Å². The summed E-state index contributed by atoms with van der Waals surface area (Å²) in [5.41, 5.74) is -0.594. The fourth-order valence-corrected chi connectivity index (χ4v) is 2.68. The summed E-state index contributed by atoms with van der Waals surface area (Å²) in [6.45, 7) is 1.89. The molecule has 1 aliphatic rings. The molecule has 0 aromatic carbocycles. The number of ether oxygens (including phenoxy) is 1. The molecule has 0 bridgehead atoms. The van der Waals surface area contributed by atoms with Gasteiger partial charge in [-0.25, -0.2) is 4.99 Å². The van der Waals surface area contributed by atoms with E-state index in [9.17, 15) is 18.0 Å². The van der Waals surface area contributed by atoms with Gasteiger partial charge >= 0.3 is 6.18 Å². The van der Waals surface area contributed by atoms with Crippen molar-refractivity contribution >= 4 is 11.8 Å². The van der Waals surface area contributed by atoms with Crippen molar-refractivity contribution in [3.63, 3.8) is 0 Å². The molecule has 6 nitrogen and oxygen atoms in total. The largest absolute Gasteiger partial charge is 0.483 e. The zero-order valence-electron chi connectivity index (χ0n) is 14.8. The number of methoxy groups -OCH3 is 1. The first kappa shape index (κ1) is 20.2. The van der Waals surface area contributed by atoms with Crippen molar-refractivity contribution in [2.45, 2.75) is 25.6 Å². The topological polar surface area (TPSA) is 66.8 Å². The third-order valence-corrected chi connectivity index (χ3v) is 4.29. The molecule has 26 heavy (non-hydrogen) atoms. The Balaban J connectivity index is 1.89. The highest BCUT2D eigenvalue weighted by Crippen LogP contribution is 2.27. The Hall–Kier alpha value is -2.16. The van der Waals surface area contributed by atoms with E-state index in [1.807, 2.05) is 7.05 Å². The predicted molar refractivity (Wildman–Crippen MR) is 90.6 cm³/mol. The first-order valence-electron chi connectivity index (χ1n) is 8.35. The highest BCUT2D eigenvalue weighted by atomic mass is 19.4. The van der Waals surface area contributed by atoms with Crippen molar-refractivity contribution in [2.75, 3.05) is 33.8 Å². The summed E-state index contributed by atoms with van der Waals surface area (Å²) in [6, 6.07) is 2.41. The number of pyridine rings is 1. The normalized spacial score (nSPS) is 17.2. The molecule has 0 atom stereocenters. The number of alkyl halides is 3. The van der Waals surface area contributed by atoms with Gasteiger partial charge in [0.15, 0.2) is 0 Å². The van der Waals surface area contributed by atoms with Crippen LogP contribution in [0.5, 0.6) is 0 Å². The number of carbonyl (C=O) groups excluding carboxylic acids is 1. The van der Waals surface area contributed by atoms with Crippen LogP contribution in [0.15, 0.2) is 23.3 Å². The summed E-state index contributed by atoms with van der Waals surface area (Å²) in [7, 11) is 3.43. The van der Waals surface area contributed by atoms with E-state index in [-0.39, 0.29) is 30.8 Å². The van der Waals surface area contributed by atoms with Gasteiger partial charge in [0, 0.05) is 12.1 Å². The molecule has 0 radical (unpaired) electrons. The van der Waals surface area contributed by atoms with Crippen molar-refractivity contribution < 1.29 is 22.7 Å². The van der Waals surface area contributed by atoms with Crippen molar-refractivity contribution in [1.29, 1.82) is 0 Å². The number of nitrogens with one attached hydrogen (secondary N) is 1. The Morgan fingerprint density at radius 1 is 1.42 bits per heavy atom. The summed E-state index contributed by atoms with van der Waals surface area (Å²) in [6.07, 6.45) is -1.79. The second kappa shape index (κ2) is 8.98. The number of hydrogen-bond acceptors (Lipinski definition) is 5. The van der Waals surface area contributed by atoms with Crippen LogP contribution in [0.2, 0.25) is 0 Å². The highest BCUT2D eigenvalue weighted by Gasteiger charge is 2.32. The Morgan fingerprint density at radius 2 is 2.12 bits per heavy atom. The van der Waals surface area contributed by atoms with Gasteiger partial charge < -0.3 is 15.0 Å². The maximum atomic E-state index is 12.7. The number of carbonyl (C=O) groups is 1. The monoisotopic (exact) mass is 372 g/mol. The van der Waals surface area contributed by atoms with Crippen molar-refractivity contribution in [3.05, 3.63) is 29.6 Å². The van der Waals surface area contributed by atoms with E-state index in [2.05, 4.69) is 20.2 Å². The first-order chi connectivity index (χ1) is 12.3. The number of piperidine rings is 1. The molecule has 0 spiro atoms. The number of halogens is 3. The second-order valence-corrected chi connectivity index (χ2v) is 6.26. The van der Waals surface area contributed by atoms with E-state index in [0.717, 1.165) is 38.2 Å². The van der Waals surface area contributed by atoms with Crippen LogP contribution < -0.4 is 5.32 Å². The van der Waals surface area contributed by atoms with Gasteiger partial charge in [0.05, 0.1) is 20.2 Å². The van der Waals surface area contributed by atoms with Crippen LogP contribution in [0, 0.1) is 5.92 Å². The second-order valence-electron chi connectivity index (χ2n) is 6.26. The average molecular weight is 372 g/mol. The van der Waals surface area contributed by atoms with E-state index in [0.29, 0.717) is 5.56 Å². The molecule has 2 heterocycles. The minimum atomic E-state index is -4.49. The zero-order valence-corrected chi connectivity index (χ0v) is 14.8. The zero-order chi connectivity index (χ0) is 19.2. The lowest BCUT2D eigenvalue weighted by atomic mass is 9.96. The van der Waals surface area contributed by atoms with Gasteiger partial charge in [-0.15, -0.1) is 0 Å². The lowest BCUT2D eigenvalue weighted by Gasteiger charge is -2.28. The van der Waals surface area contributed by atoms with Crippen LogP contribution in [-0.2, 0) is 22.3 Å². The molecule has 1 N–H and O–H groups in total. The summed E-state index contributed by atoms with van der Waals surface area (Å²) >= 11 is 0. The van der Waals surface area contributed by atoms with E-state index < -0.39 is 11.9 Å². The Kier molecular flexibility index (Phi) is 6.96. The smallest absolute Gasteiger partial charge is 0.433 e. The van der Waals surface area contributed by atoms with E-state index in [1.54, 1.807) is 0 Å². The third kappa shape index (κ3) is 5.98. The van der Waals surface area contributed by atoms with Crippen molar-refractivity contribution in [2.24, 2.45) is 10.9 Å². The minimum absolute atomic E-state index is 0.0128. The number of nitrogens with zero attached hydrogens (tertiary/aromatic N) is 3. The molecule has 1 saturated heterocycles. The maximum Gasteiger partial charge on any atom is 0.433 e. The Bertz CT molecular complexity index is 641. The van der Waals surface area contributed by atoms with Crippen molar-refractivity contribution in [3.8, 4) is 0 Å². The maximum absolute atomic E-state index is 12.7. The van der Waals surface area contributed by atoms with Crippen LogP contribution in [0.4, 0.5) is 13.2 Å². The fourth-order valence-electron chi connectivity index (χ4n) is 2.68. The minimum Gasteiger partial charge on any atom is -0.483 e. The molecule has 144 valence electrons. The average Bonchev–Trinajstić information content (AvgIpc) is 2.61. The van der Waals surface area contributed by atoms with Gasteiger partial charge in [-0.3, -0.25) is 9.78 Å². The van der Waals surface area contributed by atoms with Gasteiger partial charge in [0.2, 0.25) is 11.8 Å². The van der Waals surface area contributed by atoms with Crippen LogP contribution >= 0.6 is 0 Å². The number of likely N-dealkylation sites (tertiary alicyclic amines) is 1. The Labute approximate surface area is 150 Å². The molecule has 1 fully saturated rings. The molecule has 2 rings (SSSR count). The number of rotatable bonds is 5. The van der Waals surface area contributed by atoms with E-state index >= 15 is 0 Å². The molecule has 1 aromatic rings. The van der Waals surface area contributed by atoms with Gasteiger partial charge in [0.25, 0.3) is 0 Å². The quantitative estimate of drug-likeness (QED) is 0.635. The molecule has 1 aromatic heterocycles. The van der Waals surface area contributed by atoms with Crippen molar-refractivity contribution in [1.82, 2.24) is 15.2 Å². The lowest BCUT2D eigenvalue weighted by Crippen LogP contribution is -2.40. The van der Waals surface area contributed by atoms with E-state index in [1.165, 1.54) is 13.2 Å². The molecule has 0 aliphatic carbocycles. The number of aliphatic imine (C=N–C) groups is 1. The molecule has 1 aliphatic heterocycles. The van der Waals surface area contributed by atoms with E-state index in [4.69, 9.17) is 4.74 Å². The van der Waals surface area contributed by atoms with Crippen LogP contribution in [0.3, 0.4) is 0 Å². The number of hydrogen-bond donors (Lipinski definition) is 1. The SMILES string of the molecule is COC(CNC(=O)C1CCN(C)CC1)=NCc1ccnc(C(F)(F)F)c1. The summed E-state index contributed by atoms with van der Waals surface area (Å²) in [5.74, 6) is 0.182. The van der Waals surface area contributed by atoms with Crippen LogP contribution in [-0.4, -0.2) is 55.5 Å². The van der Waals surface area contributed by atoms with Gasteiger partial charge in [0.1, 0.15) is 5.69 Å². The molecular formula is C17H23F3N4O2. The Morgan fingerprint density at radius 3 is 2.73 bits per heavy atom. The molecular weight excluding hydrogens is 349 g/mol. The van der Waals surface area contributed by atoms with Gasteiger partial charge in [-0.05, 0) is 50.7 Å². The number of amides is 1. The summed E-state index contributed by atoms with van der Waals surface area (Å²) < 4.78 is 43.1. The predicted octanol–water partition coefficient (Wildman–Crippen LogP) is 2.10. The molecule has 0 saturated carbocycles. The molecule has 1 amide bonds. The fraction of sp³-hybridized carbons (Fsp3) is 0.588.